The van der Waals surface area contributed by atoms with Crippen LogP contribution in [0.4, 0.5) is 0 Å². The van der Waals surface area contributed by atoms with Gasteiger partial charge in [-0.3, -0.25) is 0 Å². The Kier molecular flexibility index (Phi) is 6.28. The predicted octanol–water partition coefficient (Wildman–Crippen LogP) is 3.42. The van der Waals surface area contributed by atoms with Crippen molar-refractivity contribution in [1.82, 2.24) is 10.2 Å². The van der Waals surface area contributed by atoms with Gasteiger partial charge in [0.25, 0.3) is 0 Å². The van der Waals surface area contributed by atoms with Gasteiger partial charge in [0.05, 0.1) is 0 Å². The fourth-order valence-electron chi connectivity index (χ4n) is 1.62. The highest BCUT2D eigenvalue weighted by Crippen LogP contribution is 2.20. The van der Waals surface area contributed by atoms with Crippen LogP contribution < -0.4 is 5.32 Å². The summed E-state index contributed by atoms with van der Waals surface area (Å²) in [5.41, 5.74) is 1.05. The quantitative estimate of drug-likeness (QED) is 0.855. The first-order chi connectivity index (χ1) is 8.02. The first-order valence-electron chi connectivity index (χ1n) is 5.88. The highest BCUT2D eigenvalue weighted by atomic mass is 35.5. The molecule has 0 spiro atoms. The SMILES string of the molecule is CCN(C)CC(C)NCc1cc(Cl)ccc1Cl. The molecule has 0 aromatic heterocycles. The van der Waals surface area contributed by atoms with Crippen LogP contribution in [0.5, 0.6) is 0 Å². The number of hydrogen-bond donors (Lipinski definition) is 1. The summed E-state index contributed by atoms with van der Waals surface area (Å²) < 4.78 is 0. The summed E-state index contributed by atoms with van der Waals surface area (Å²) in [6, 6.07) is 5.98. The molecule has 0 amide bonds. The molecular weight excluding hydrogens is 255 g/mol. The summed E-state index contributed by atoms with van der Waals surface area (Å²) in [5.74, 6) is 0. The number of halogens is 2. The van der Waals surface area contributed by atoms with E-state index in [-0.39, 0.29) is 0 Å². The van der Waals surface area contributed by atoms with E-state index in [1.165, 1.54) is 0 Å². The second-order valence-corrected chi connectivity index (χ2v) is 5.22. The molecule has 17 heavy (non-hydrogen) atoms. The van der Waals surface area contributed by atoms with Crippen molar-refractivity contribution in [2.75, 3.05) is 20.1 Å². The smallest absolute Gasteiger partial charge is 0.0451 e. The number of nitrogens with zero attached hydrogens (tertiary/aromatic N) is 1. The molecule has 2 nitrogen and oxygen atoms in total. The maximum absolute atomic E-state index is 6.10. The lowest BCUT2D eigenvalue weighted by atomic mass is 10.2. The molecule has 1 rings (SSSR count). The summed E-state index contributed by atoms with van der Waals surface area (Å²) in [4.78, 5) is 2.28. The number of hydrogen-bond acceptors (Lipinski definition) is 2. The van der Waals surface area contributed by atoms with Crippen LogP contribution >= 0.6 is 23.2 Å². The molecule has 0 saturated carbocycles. The van der Waals surface area contributed by atoms with Crippen LogP contribution in [0.15, 0.2) is 18.2 Å². The summed E-state index contributed by atoms with van der Waals surface area (Å²) in [7, 11) is 2.12. The molecule has 1 atom stereocenters. The average Bonchev–Trinajstić information content (AvgIpc) is 2.30. The van der Waals surface area contributed by atoms with Crippen molar-refractivity contribution < 1.29 is 0 Å². The Morgan fingerprint density at radius 2 is 2.06 bits per heavy atom. The average molecular weight is 275 g/mol. The molecule has 0 aliphatic carbocycles. The largest absolute Gasteiger partial charge is 0.309 e. The lowest BCUT2D eigenvalue weighted by molar-refractivity contribution is 0.309. The number of likely N-dealkylation sites (N-methyl/N-ethyl adjacent to an activating group) is 1. The van der Waals surface area contributed by atoms with Crippen molar-refractivity contribution in [1.29, 1.82) is 0 Å². The van der Waals surface area contributed by atoms with E-state index in [9.17, 15) is 0 Å². The first-order valence-corrected chi connectivity index (χ1v) is 6.64. The van der Waals surface area contributed by atoms with E-state index < -0.39 is 0 Å². The molecule has 1 aromatic rings. The molecule has 1 N–H and O–H groups in total. The third kappa shape index (κ3) is 5.26. The van der Waals surface area contributed by atoms with Crippen LogP contribution in [0, 0.1) is 0 Å². The third-order valence-electron chi connectivity index (χ3n) is 2.77. The van der Waals surface area contributed by atoms with Gasteiger partial charge in [-0.05, 0) is 44.3 Å². The van der Waals surface area contributed by atoms with Crippen molar-refractivity contribution in [3.8, 4) is 0 Å². The lowest BCUT2D eigenvalue weighted by Gasteiger charge is -2.21. The summed E-state index contributed by atoms with van der Waals surface area (Å²) >= 11 is 12.0. The Balaban J connectivity index is 2.47. The van der Waals surface area contributed by atoms with Gasteiger partial charge in [0.2, 0.25) is 0 Å². The predicted molar refractivity (Wildman–Crippen MR) is 75.9 cm³/mol. The minimum absolute atomic E-state index is 0.426. The van der Waals surface area contributed by atoms with Crippen molar-refractivity contribution in [2.24, 2.45) is 0 Å². The zero-order valence-electron chi connectivity index (χ0n) is 10.6. The molecular formula is C13H20Cl2N2. The lowest BCUT2D eigenvalue weighted by Crippen LogP contribution is -2.36. The molecule has 0 saturated heterocycles. The van der Waals surface area contributed by atoms with Crippen LogP contribution in [0.25, 0.3) is 0 Å². The third-order valence-corrected chi connectivity index (χ3v) is 3.38. The maximum Gasteiger partial charge on any atom is 0.0451 e. The normalized spacial score (nSPS) is 13.1. The topological polar surface area (TPSA) is 15.3 Å². The van der Waals surface area contributed by atoms with Crippen LogP contribution in [0.3, 0.4) is 0 Å². The molecule has 1 unspecified atom stereocenters. The summed E-state index contributed by atoms with van der Waals surface area (Å²) in [6.45, 7) is 7.15. The highest BCUT2D eigenvalue weighted by molar-refractivity contribution is 6.33. The van der Waals surface area contributed by atoms with Gasteiger partial charge in [0, 0.05) is 29.2 Å². The van der Waals surface area contributed by atoms with Crippen LogP contribution in [-0.2, 0) is 6.54 Å². The molecule has 4 heteroatoms. The first kappa shape index (κ1) is 14.8. The maximum atomic E-state index is 6.10. The fraction of sp³-hybridized carbons (Fsp3) is 0.538. The molecule has 0 aliphatic rings. The molecule has 1 aromatic carbocycles. The van der Waals surface area contributed by atoms with Crippen molar-refractivity contribution >= 4 is 23.2 Å². The Morgan fingerprint density at radius 3 is 2.71 bits per heavy atom. The van der Waals surface area contributed by atoms with E-state index >= 15 is 0 Å². The van der Waals surface area contributed by atoms with E-state index in [4.69, 9.17) is 23.2 Å². The Labute approximate surface area is 114 Å². The van der Waals surface area contributed by atoms with E-state index in [0.717, 1.165) is 35.2 Å². The van der Waals surface area contributed by atoms with Gasteiger partial charge >= 0.3 is 0 Å². The standard InChI is InChI=1S/C13H20Cl2N2/c1-4-17(3)9-10(2)16-8-11-7-12(14)5-6-13(11)15/h5-7,10,16H,4,8-9H2,1-3H3. The van der Waals surface area contributed by atoms with Crippen molar-refractivity contribution in [3.63, 3.8) is 0 Å². The summed E-state index contributed by atoms with van der Waals surface area (Å²) in [5, 5.41) is 4.94. The Hall–Kier alpha value is -0.280. The van der Waals surface area contributed by atoms with E-state index in [1.54, 1.807) is 0 Å². The Morgan fingerprint density at radius 1 is 1.35 bits per heavy atom. The van der Waals surface area contributed by atoms with Gasteiger partial charge in [0.1, 0.15) is 0 Å². The monoisotopic (exact) mass is 274 g/mol. The molecule has 0 aliphatic heterocycles. The second kappa shape index (κ2) is 7.22. The van der Waals surface area contributed by atoms with Crippen LogP contribution in [0.1, 0.15) is 19.4 Å². The zero-order chi connectivity index (χ0) is 12.8. The van der Waals surface area contributed by atoms with Gasteiger partial charge in [-0.15, -0.1) is 0 Å². The van der Waals surface area contributed by atoms with Gasteiger partial charge in [-0.25, -0.2) is 0 Å². The number of nitrogens with one attached hydrogen (secondary N) is 1. The van der Waals surface area contributed by atoms with E-state index in [0.29, 0.717) is 6.04 Å². The van der Waals surface area contributed by atoms with Gasteiger partial charge in [-0.2, -0.15) is 0 Å². The van der Waals surface area contributed by atoms with Crippen LogP contribution in [0.2, 0.25) is 10.0 Å². The number of benzene rings is 1. The fourth-order valence-corrected chi connectivity index (χ4v) is 2.00. The van der Waals surface area contributed by atoms with Gasteiger partial charge < -0.3 is 10.2 Å². The molecule has 0 fully saturated rings. The van der Waals surface area contributed by atoms with Crippen molar-refractivity contribution in [3.05, 3.63) is 33.8 Å². The van der Waals surface area contributed by atoms with Crippen LogP contribution in [-0.4, -0.2) is 31.1 Å². The molecule has 0 radical (unpaired) electrons. The molecule has 0 bridgehead atoms. The Bertz CT molecular complexity index is 355. The van der Waals surface area contributed by atoms with Gasteiger partial charge in [-0.1, -0.05) is 30.1 Å². The second-order valence-electron chi connectivity index (χ2n) is 4.37. The number of rotatable bonds is 6. The van der Waals surface area contributed by atoms with E-state index in [2.05, 4.69) is 31.1 Å². The summed E-state index contributed by atoms with van der Waals surface area (Å²) in [6.07, 6.45) is 0. The molecule has 0 heterocycles. The minimum Gasteiger partial charge on any atom is -0.309 e. The minimum atomic E-state index is 0.426. The molecule has 96 valence electrons. The highest BCUT2D eigenvalue weighted by Gasteiger charge is 2.06. The van der Waals surface area contributed by atoms with E-state index in [1.807, 2.05) is 18.2 Å². The zero-order valence-corrected chi connectivity index (χ0v) is 12.1. The van der Waals surface area contributed by atoms with Crippen molar-refractivity contribution in [2.45, 2.75) is 26.4 Å². The van der Waals surface area contributed by atoms with Gasteiger partial charge in [0.15, 0.2) is 0 Å².